The van der Waals surface area contributed by atoms with Gasteiger partial charge in [-0.3, -0.25) is 14.6 Å². The summed E-state index contributed by atoms with van der Waals surface area (Å²) in [5, 5.41) is 7.03. The zero-order chi connectivity index (χ0) is 22.8. The molecular formula is C25H22FN3O3S. The van der Waals surface area contributed by atoms with Crippen molar-refractivity contribution < 1.29 is 18.4 Å². The summed E-state index contributed by atoms with van der Waals surface area (Å²) in [6.45, 7) is 0.358. The maximum absolute atomic E-state index is 13.7. The number of halogens is 1. The lowest BCUT2D eigenvalue weighted by Crippen LogP contribution is -2.25. The molecule has 0 bridgehead atoms. The first-order valence-corrected chi connectivity index (χ1v) is 11.7. The van der Waals surface area contributed by atoms with Crippen LogP contribution in [0.4, 0.5) is 9.39 Å². The number of pyridine rings is 1. The van der Waals surface area contributed by atoms with Crippen molar-refractivity contribution in [1.82, 2.24) is 10.3 Å². The van der Waals surface area contributed by atoms with Crippen molar-refractivity contribution >= 4 is 39.1 Å². The summed E-state index contributed by atoms with van der Waals surface area (Å²) in [5.74, 6) is -0.865. The van der Waals surface area contributed by atoms with Crippen molar-refractivity contribution in [1.29, 1.82) is 0 Å². The monoisotopic (exact) mass is 463 g/mol. The number of aryl methyl sites for hydroxylation is 1. The normalized spacial score (nSPS) is 13.0. The number of thiophene rings is 1. The second-order valence-corrected chi connectivity index (χ2v) is 9.19. The number of carbonyl (C=O) groups is 2. The molecule has 0 fully saturated rings. The van der Waals surface area contributed by atoms with E-state index in [1.807, 2.05) is 12.1 Å². The van der Waals surface area contributed by atoms with Gasteiger partial charge in [-0.25, -0.2) is 4.39 Å². The van der Waals surface area contributed by atoms with E-state index in [4.69, 9.17) is 4.42 Å². The molecule has 0 saturated heterocycles. The largest absolute Gasteiger partial charge is 0.464 e. The van der Waals surface area contributed by atoms with Crippen molar-refractivity contribution in [3.05, 3.63) is 81.9 Å². The van der Waals surface area contributed by atoms with E-state index >= 15 is 0 Å². The van der Waals surface area contributed by atoms with Gasteiger partial charge < -0.3 is 15.1 Å². The number of nitrogens with zero attached hydrogens (tertiary/aromatic N) is 1. The summed E-state index contributed by atoms with van der Waals surface area (Å²) in [7, 11) is 0. The minimum absolute atomic E-state index is 0.0236. The number of nitrogens with one attached hydrogen (secondary N) is 2. The lowest BCUT2D eigenvalue weighted by molar-refractivity contribution is -0.115. The van der Waals surface area contributed by atoms with E-state index in [0.717, 1.165) is 41.7 Å². The number of fused-ring (bicyclic) bond motifs is 2. The molecule has 2 amide bonds. The van der Waals surface area contributed by atoms with Crippen LogP contribution in [0.5, 0.6) is 0 Å². The van der Waals surface area contributed by atoms with Gasteiger partial charge in [-0.1, -0.05) is 6.07 Å². The summed E-state index contributed by atoms with van der Waals surface area (Å²) in [6.07, 6.45) is 8.72. The summed E-state index contributed by atoms with van der Waals surface area (Å²) in [6, 6.07) is 7.96. The predicted octanol–water partition coefficient (Wildman–Crippen LogP) is 5.02. The van der Waals surface area contributed by atoms with Crippen molar-refractivity contribution in [2.75, 3.05) is 5.32 Å². The molecule has 6 nitrogen and oxygen atoms in total. The van der Waals surface area contributed by atoms with E-state index in [1.54, 1.807) is 18.5 Å². The minimum Gasteiger partial charge on any atom is -0.464 e. The number of carbonyl (C=O) groups excluding carboxylic acids is 2. The highest BCUT2D eigenvalue weighted by molar-refractivity contribution is 7.17. The number of benzene rings is 1. The Morgan fingerprint density at radius 1 is 1.18 bits per heavy atom. The number of aromatic nitrogens is 1. The lowest BCUT2D eigenvalue weighted by Gasteiger charge is -2.13. The average molecular weight is 464 g/mol. The van der Waals surface area contributed by atoms with Crippen LogP contribution in [0.3, 0.4) is 0 Å². The van der Waals surface area contributed by atoms with E-state index in [0.29, 0.717) is 33.6 Å². The Hall–Kier alpha value is -3.52. The van der Waals surface area contributed by atoms with Gasteiger partial charge in [0.15, 0.2) is 0 Å². The van der Waals surface area contributed by atoms with Gasteiger partial charge in [0.05, 0.1) is 18.2 Å². The fraction of sp³-hybridized carbons (Fsp3) is 0.240. The van der Waals surface area contributed by atoms with E-state index in [9.17, 15) is 14.0 Å². The van der Waals surface area contributed by atoms with Gasteiger partial charge in [0.2, 0.25) is 5.91 Å². The molecule has 168 valence electrons. The molecule has 8 heteroatoms. The molecule has 0 saturated carbocycles. The standard InChI is InChI=1S/C25H22FN3O3S/c26-17-7-8-20-19(11-17)16(14-32-20)10-22(30)29-25-23(18-5-1-2-6-21(18)33-25)24(31)28-13-15-4-3-9-27-12-15/h3-4,7-9,11-12,14H,1-2,5-6,10,13H2,(H,28,31)(H,29,30). The molecule has 3 heterocycles. The van der Waals surface area contributed by atoms with Gasteiger partial charge in [-0.15, -0.1) is 11.3 Å². The number of hydrogen-bond donors (Lipinski definition) is 2. The van der Waals surface area contributed by atoms with E-state index in [1.165, 1.54) is 29.7 Å². The summed E-state index contributed by atoms with van der Waals surface area (Å²) in [4.78, 5) is 31.3. The van der Waals surface area contributed by atoms with Crippen LogP contribution < -0.4 is 10.6 Å². The number of amides is 2. The Labute approximate surface area is 193 Å². The Morgan fingerprint density at radius 2 is 2.06 bits per heavy atom. The fourth-order valence-corrected chi connectivity index (χ4v) is 5.51. The van der Waals surface area contributed by atoms with Crippen molar-refractivity contribution in [3.8, 4) is 0 Å². The smallest absolute Gasteiger partial charge is 0.254 e. The van der Waals surface area contributed by atoms with Crippen LogP contribution in [0, 0.1) is 5.82 Å². The third kappa shape index (κ3) is 4.52. The zero-order valence-electron chi connectivity index (χ0n) is 17.8. The van der Waals surface area contributed by atoms with Gasteiger partial charge in [0.25, 0.3) is 5.91 Å². The van der Waals surface area contributed by atoms with Gasteiger partial charge in [-0.2, -0.15) is 0 Å². The van der Waals surface area contributed by atoms with Crippen LogP contribution >= 0.6 is 11.3 Å². The summed E-state index contributed by atoms with van der Waals surface area (Å²) >= 11 is 1.47. The second kappa shape index (κ2) is 9.15. The summed E-state index contributed by atoms with van der Waals surface area (Å²) < 4.78 is 19.1. The highest BCUT2D eigenvalue weighted by Gasteiger charge is 2.26. The van der Waals surface area contributed by atoms with Crippen LogP contribution in [0.15, 0.2) is 53.4 Å². The maximum atomic E-state index is 13.7. The molecule has 0 atom stereocenters. The van der Waals surface area contributed by atoms with E-state index in [2.05, 4.69) is 15.6 Å². The van der Waals surface area contributed by atoms with Gasteiger partial charge in [-0.05, 0) is 61.1 Å². The minimum atomic E-state index is -0.385. The van der Waals surface area contributed by atoms with E-state index in [-0.39, 0.29) is 24.1 Å². The molecule has 1 aliphatic carbocycles. The fourth-order valence-electron chi connectivity index (χ4n) is 4.20. The average Bonchev–Trinajstić information content (AvgIpc) is 3.38. The maximum Gasteiger partial charge on any atom is 0.254 e. The molecule has 0 unspecified atom stereocenters. The number of hydrogen-bond acceptors (Lipinski definition) is 5. The van der Waals surface area contributed by atoms with Gasteiger partial charge in [0.1, 0.15) is 16.4 Å². The first kappa shape index (κ1) is 21.3. The Morgan fingerprint density at radius 3 is 2.91 bits per heavy atom. The van der Waals surface area contributed by atoms with Crippen LogP contribution in [0.2, 0.25) is 0 Å². The molecule has 3 aromatic heterocycles. The quantitative estimate of drug-likeness (QED) is 0.421. The van der Waals surface area contributed by atoms with Crippen molar-refractivity contribution in [2.45, 2.75) is 38.6 Å². The third-order valence-electron chi connectivity index (χ3n) is 5.79. The first-order chi connectivity index (χ1) is 16.1. The van der Waals surface area contributed by atoms with Gasteiger partial charge in [0, 0.05) is 34.8 Å². The SMILES string of the molecule is O=C(Cc1coc2ccc(F)cc12)Nc1sc2c(c1C(=O)NCc1cccnc1)CCCC2. The molecule has 1 aliphatic rings. The van der Waals surface area contributed by atoms with Crippen molar-refractivity contribution in [3.63, 3.8) is 0 Å². The number of furan rings is 1. The van der Waals surface area contributed by atoms with Crippen molar-refractivity contribution in [2.24, 2.45) is 0 Å². The number of rotatable bonds is 6. The van der Waals surface area contributed by atoms with Gasteiger partial charge >= 0.3 is 0 Å². The topological polar surface area (TPSA) is 84.2 Å². The highest BCUT2D eigenvalue weighted by atomic mass is 32.1. The Balaban J connectivity index is 1.37. The first-order valence-electron chi connectivity index (χ1n) is 10.9. The molecule has 33 heavy (non-hydrogen) atoms. The van der Waals surface area contributed by atoms with Crippen LogP contribution in [-0.4, -0.2) is 16.8 Å². The predicted molar refractivity (Wildman–Crippen MR) is 125 cm³/mol. The van der Waals surface area contributed by atoms with Crippen LogP contribution in [-0.2, 0) is 30.6 Å². The Kier molecular flexibility index (Phi) is 5.92. The zero-order valence-corrected chi connectivity index (χ0v) is 18.6. The van der Waals surface area contributed by atoms with E-state index < -0.39 is 0 Å². The highest BCUT2D eigenvalue weighted by Crippen LogP contribution is 2.38. The van der Waals surface area contributed by atoms with Crippen LogP contribution in [0.1, 0.15) is 44.8 Å². The second-order valence-electron chi connectivity index (χ2n) is 8.09. The molecule has 1 aromatic carbocycles. The molecule has 0 radical (unpaired) electrons. The summed E-state index contributed by atoms with van der Waals surface area (Å²) in [5.41, 5.74) is 3.61. The number of anilines is 1. The Bertz CT molecular complexity index is 1330. The lowest BCUT2D eigenvalue weighted by atomic mass is 9.95. The molecule has 5 rings (SSSR count). The molecule has 0 spiro atoms. The molecule has 0 aliphatic heterocycles. The molecule has 2 N–H and O–H groups in total. The molecular weight excluding hydrogens is 441 g/mol. The molecule has 4 aromatic rings. The van der Waals surface area contributed by atoms with Crippen LogP contribution in [0.25, 0.3) is 11.0 Å². The third-order valence-corrected chi connectivity index (χ3v) is 7.00.